The van der Waals surface area contributed by atoms with Crippen molar-refractivity contribution in [3.63, 3.8) is 0 Å². The van der Waals surface area contributed by atoms with Crippen LogP contribution in [0.3, 0.4) is 0 Å². The van der Waals surface area contributed by atoms with E-state index in [4.69, 9.17) is 14.9 Å². The van der Waals surface area contributed by atoms with E-state index in [9.17, 15) is 23.9 Å². The minimum absolute atomic E-state index is 0. The van der Waals surface area contributed by atoms with Crippen molar-refractivity contribution in [3.05, 3.63) is 83.9 Å². The number of carbonyl (C=O) groups is 3. The van der Waals surface area contributed by atoms with Crippen molar-refractivity contribution in [2.45, 2.75) is 12.5 Å². The SMILES string of the molecule is CC(CO)(CO)NC(=O)[c-]1cccc1.CN1C(=O)c2c(c3c4cc(O)ccc4[n-]c3c3ncc(F)cc23)C1=O.[C-]#[O+].[Ru+2]. The van der Waals surface area contributed by atoms with Crippen LogP contribution < -0.4 is 10.3 Å². The first kappa shape index (κ1) is 32.1. The summed E-state index contributed by atoms with van der Waals surface area (Å²) in [6, 6.07) is 12.7. The number of nitrogens with one attached hydrogen (secondary N) is 1. The summed E-state index contributed by atoms with van der Waals surface area (Å²) in [7, 11) is 1.38. The standard InChI is InChI=1S/C18H10FN3O3.C10H14NO3.CO.Ru/c1-22-17(24)13-10-4-7(19)6-20-15(10)16-12(14(13)18(22)25)9-5-8(23)2-3-11(9)21-16;1-10(6-12,7-13)11-9(14)8-4-2-3-5-8;1-2;/h2-6H,1H3,(H2,20,21,23,24,25);2-5,12-13H,6-7H2,1H3,(H,11,14);;/q;-1;;+2/p-1. The van der Waals surface area contributed by atoms with Crippen LogP contribution in [0.2, 0.25) is 0 Å². The maximum absolute atomic E-state index is 13.8. The summed E-state index contributed by atoms with van der Waals surface area (Å²) < 4.78 is 21.3. The van der Waals surface area contributed by atoms with Gasteiger partial charge in [0.05, 0.1) is 41.6 Å². The molecule has 5 aromatic rings. The number of rotatable bonds is 4. The summed E-state index contributed by atoms with van der Waals surface area (Å²) in [4.78, 5) is 46.4. The average Bonchev–Trinajstić information content (AvgIpc) is 3.70. The molecule has 0 atom stereocenters. The Morgan fingerprint density at radius 2 is 1.74 bits per heavy atom. The van der Waals surface area contributed by atoms with Gasteiger partial charge in [-0.15, -0.1) is 11.0 Å². The van der Waals surface area contributed by atoms with E-state index in [0.717, 1.165) is 11.1 Å². The molecule has 42 heavy (non-hydrogen) atoms. The summed E-state index contributed by atoms with van der Waals surface area (Å²) in [5.74, 6) is -1.85. The van der Waals surface area contributed by atoms with Gasteiger partial charge in [-0.3, -0.25) is 24.3 Å². The van der Waals surface area contributed by atoms with Crippen LogP contribution in [0.5, 0.6) is 5.75 Å². The maximum Gasteiger partial charge on any atom is 2.00 e. The molecule has 0 bridgehead atoms. The number of aliphatic hydroxyl groups excluding tert-OH is 2. The van der Waals surface area contributed by atoms with E-state index in [1.807, 2.05) is 0 Å². The molecule has 0 aliphatic carbocycles. The molecule has 11 nitrogen and oxygen atoms in total. The average molecular weight is 660 g/mol. The van der Waals surface area contributed by atoms with E-state index in [1.165, 1.54) is 25.2 Å². The second-order valence-electron chi connectivity index (χ2n) is 9.51. The van der Waals surface area contributed by atoms with Crippen LogP contribution in [-0.4, -0.2) is 68.7 Å². The molecular weight excluding hydrogens is 636 g/mol. The number of imide groups is 1. The molecule has 0 radical (unpaired) electrons. The number of benzene rings is 2. The van der Waals surface area contributed by atoms with E-state index >= 15 is 0 Å². The van der Waals surface area contributed by atoms with Crippen molar-refractivity contribution < 1.29 is 58.2 Å². The van der Waals surface area contributed by atoms with Crippen LogP contribution in [0, 0.1) is 12.5 Å². The molecule has 3 aromatic carbocycles. The number of hydrogen-bond acceptors (Lipinski definition) is 7. The van der Waals surface area contributed by atoms with Crippen LogP contribution in [0.4, 0.5) is 4.39 Å². The molecule has 3 heterocycles. The quantitative estimate of drug-likeness (QED) is 0.0985. The first-order chi connectivity index (χ1) is 19.6. The van der Waals surface area contributed by atoms with E-state index in [2.05, 4.69) is 21.9 Å². The Balaban J connectivity index is 0.000000245. The van der Waals surface area contributed by atoms with Crippen molar-refractivity contribution in [2.75, 3.05) is 20.3 Å². The molecule has 216 valence electrons. The Kier molecular flexibility index (Phi) is 9.68. The van der Waals surface area contributed by atoms with Crippen LogP contribution in [0.1, 0.15) is 38.0 Å². The number of aliphatic hydroxyl groups is 2. The number of hydrogen-bond donors (Lipinski definition) is 4. The van der Waals surface area contributed by atoms with Crippen molar-refractivity contribution >= 4 is 50.4 Å². The van der Waals surface area contributed by atoms with E-state index < -0.39 is 23.2 Å². The zero-order chi connectivity index (χ0) is 30.1. The monoisotopic (exact) mass is 660 g/mol. The Labute approximate surface area is 250 Å². The fraction of sp³-hybridized carbons (Fsp3) is 0.172. The summed E-state index contributed by atoms with van der Waals surface area (Å²) in [6.07, 6.45) is 1.05. The van der Waals surface area contributed by atoms with Gasteiger partial charge in [0.25, 0.3) is 11.8 Å². The second kappa shape index (κ2) is 12.6. The second-order valence-corrected chi connectivity index (χ2v) is 9.51. The zero-order valence-electron chi connectivity index (χ0n) is 22.2. The number of aromatic hydroxyl groups is 1. The van der Waals surface area contributed by atoms with E-state index in [1.54, 1.807) is 37.3 Å². The summed E-state index contributed by atoms with van der Waals surface area (Å²) in [5, 5.41) is 31.6. The van der Waals surface area contributed by atoms with Crippen molar-refractivity contribution in [1.82, 2.24) is 20.2 Å². The largest absolute Gasteiger partial charge is 2.00 e. The van der Waals surface area contributed by atoms with Gasteiger partial charge in [-0.05, 0) is 35.9 Å². The van der Waals surface area contributed by atoms with Crippen LogP contribution in [0.15, 0.2) is 54.7 Å². The number of halogens is 1. The summed E-state index contributed by atoms with van der Waals surface area (Å²) in [6.45, 7) is 5.49. The van der Waals surface area contributed by atoms with E-state index in [-0.39, 0.29) is 60.9 Å². The van der Waals surface area contributed by atoms with Crippen LogP contribution >= 0.6 is 0 Å². The minimum atomic E-state index is -0.964. The van der Waals surface area contributed by atoms with Gasteiger partial charge >= 0.3 is 30.8 Å². The van der Waals surface area contributed by atoms with Crippen molar-refractivity contribution in [2.24, 2.45) is 0 Å². The summed E-state index contributed by atoms with van der Waals surface area (Å²) >= 11 is 0. The topological polar surface area (TPSA) is 174 Å². The van der Waals surface area contributed by atoms with Gasteiger partial charge in [-0.1, -0.05) is 11.6 Å². The molecule has 6 rings (SSSR count). The Hall–Kier alpha value is -4.38. The number of fused-ring (bicyclic) bond motifs is 8. The van der Waals surface area contributed by atoms with Gasteiger partial charge < -0.3 is 25.6 Å². The molecule has 4 N–H and O–H groups in total. The van der Waals surface area contributed by atoms with Gasteiger partial charge in [0.2, 0.25) is 0 Å². The molecule has 0 spiro atoms. The molecule has 0 unspecified atom stereocenters. The first-order valence-electron chi connectivity index (χ1n) is 12.1. The van der Waals surface area contributed by atoms with Gasteiger partial charge in [-0.25, -0.2) is 16.5 Å². The fourth-order valence-electron chi connectivity index (χ4n) is 4.49. The third-order valence-corrected chi connectivity index (χ3v) is 6.64. The molecule has 1 aliphatic rings. The first-order valence-corrected chi connectivity index (χ1v) is 12.1. The molecule has 0 saturated heterocycles. The van der Waals surface area contributed by atoms with Gasteiger partial charge in [0.15, 0.2) is 5.91 Å². The third kappa shape index (κ3) is 5.56. The number of carbonyl (C=O) groups excluding carboxylic acids is 3. The molecule has 13 heteroatoms. The normalized spacial score (nSPS) is 12.3. The minimum Gasteiger partial charge on any atom is 2.00 e. The number of pyridine rings is 1. The Morgan fingerprint density at radius 3 is 2.36 bits per heavy atom. The number of nitrogens with zero attached hydrogens (tertiary/aromatic N) is 3. The molecule has 2 aromatic heterocycles. The van der Waals surface area contributed by atoms with Crippen LogP contribution in [0.25, 0.3) is 32.7 Å². The van der Waals surface area contributed by atoms with Crippen molar-refractivity contribution in [1.29, 1.82) is 0 Å². The smallest absolute Gasteiger partial charge is 2.00 e. The van der Waals surface area contributed by atoms with Gasteiger partial charge in [0, 0.05) is 12.4 Å². The number of phenols is 1. The summed E-state index contributed by atoms with van der Waals surface area (Å²) in [5.41, 5.74) is 1.18. The number of aromatic nitrogens is 2. The van der Waals surface area contributed by atoms with Gasteiger partial charge in [0.1, 0.15) is 11.6 Å². The third-order valence-electron chi connectivity index (χ3n) is 6.64. The molecule has 0 saturated carbocycles. The molecular formula is C29H23FN4O7Ru. The molecule has 0 fully saturated rings. The van der Waals surface area contributed by atoms with E-state index in [0.29, 0.717) is 32.9 Å². The van der Waals surface area contributed by atoms with Gasteiger partial charge in [-0.2, -0.15) is 12.1 Å². The van der Waals surface area contributed by atoms with Crippen LogP contribution in [-0.2, 0) is 24.1 Å². The Morgan fingerprint density at radius 1 is 1.12 bits per heavy atom. The zero-order valence-corrected chi connectivity index (χ0v) is 23.9. The molecule has 3 amide bonds. The predicted octanol–water partition coefficient (Wildman–Crippen LogP) is 2.41. The number of amides is 3. The maximum atomic E-state index is 13.8. The predicted molar refractivity (Wildman–Crippen MR) is 144 cm³/mol. The molecule has 1 aliphatic heterocycles. The fourth-order valence-corrected chi connectivity index (χ4v) is 4.49. The Bertz CT molecular complexity index is 1830. The number of phenolic OH excluding ortho intramolecular Hbond substituents is 1. The van der Waals surface area contributed by atoms with Crippen molar-refractivity contribution in [3.8, 4) is 5.75 Å².